The van der Waals surface area contributed by atoms with Crippen molar-refractivity contribution >= 4 is 23.1 Å². The monoisotopic (exact) mass is 478 g/mol. The van der Waals surface area contributed by atoms with E-state index in [1.807, 2.05) is 0 Å². The molecule has 1 amide bonds. The third-order valence-corrected chi connectivity index (χ3v) is 6.03. The predicted molar refractivity (Wildman–Crippen MR) is 110 cm³/mol. The van der Waals surface area contributed by atoms with E-state index in [1.165, 1.54) is 20.8 Å². The summed E-state index contributed by atoms with van der Waals surface area (Å²) in [5, 5.41) is 14.5. The van der Waals surface area contributed by atoms with Gasteiger partial charge in [-0.25, -0.2) is 18.7 Å². The van der Waals surface area contributed by atoms with Gasteiger partial charge in [-0.3, -0.25) is 4.79 Å². The molecule has 1 saturated carbocycles. The van der Waals surface area contributed by atoms with Crippen molar-refractivity contribution < 1.29 is 31.9 Å². The van der Waals surface area contributed by atoms with Crippen LogP contribution < -0.4 is 10.6 Å². The molecule has 0 bridgehead atoms. The van der Waals surface area contributed by atoms with Gasteiger partial charge in [0.25, 0.3) is 12.3 Å². The quantitative estimate of drug-likeness (QED) is 0.479. The number of anilines is 1. The van der Waals surface area contributed by atoms with Crippen LogP contribution in [0.1, 0.15) is 54.2 Å². The maximum Gasteiger partial charge on any atom is 0.408 e. The number of amides is 1. The summed E-state index contributed by atoms with van der Waals surface area (Å²) < 4.78 is 67.4. The number of hydrogen-bond acceptors (Lipinski definition) is 6. The lowest BCUT2D eigenvalue weighted by molar-refractivity contribution is -0.146. The van der Waals surface area contributed by atoms with Gasteiger partial charge in [0.15, 0.2) is 5.01 Å². The molecule has 1 atom stereocenters. The topological polar surface area (TPSA) is 87.1 Å². The second-order valence-corrected chi connectivity index (χ2v) is 9.39. The van der Waals surface area contributed by atoms with E-state index >= 15 is 0 Å². The third-order valence-electron chi connectivity index (χ3n) is 4.84. The van der Waals surface area contributed by atoms with Crippen LogP contribution in [0.5, 0.6) is 0 Å². The molecule has 1 aliphatic rings. The van der Waals surface area contributed by atoms with Crippen molar-refractivity contribution in [2.75, 3.05) is 11.9 Å². The zero-order chi connectivity index (χ0) is 23.8. The molecule has 2 heterocycles. The Balaban J connectivity index is 1.88. The van der Waals surface area contributed by atoms with E-state index in [0.29, 0.717) is 18.5 Å². The highest BCUT2D eigenvalue weighted by molar-refractivity contribution is 7.17. The van der Waals surface area contributed by atoms with Gasteiger partial charge in [-0.05, 0) is 45.6 Å². The summed E-state index contributed by atoms with van der Waals surface area (Å²) in [5.41, 5.74) is -1.35. The minimum atomic E-state index is -4.52. The summed E-state index contributed by atoms with van der Waals surface area (Å²) in [6, 6.07) is -0.934. The maximum absolute atomic E-state index is 13.8. The number of pyridine rings is 1. The van der Waals surface area contributed by atoms with E-state index in [-0.39, 0.29) is 27.8 Å². The Morgan fingerprint density at radius 1 is 1.31 bits per heavy atom. The standard InChI is InChI=1S/C20H23F5N4O2S/c1-9-14(32-18(28-9)17(30)27-8-19(2,3)31)12-7-26-13(6-11(12)16(21)22)29-15(10-4-5-10)20(23,24)25/h6-7,10,15-16,31H,4-5,8H2,1-3H3,(H,26,29)(H,27,30). The fourth-order valence-electron chi connectivity index (χ4n) is 3.09. The summed E-state index contributed by atoms with van der Waals surface area (Å²) in [6.07, 6.45) is -5.60. The number of rotatable bonds is 8. The van der Waals surface area contributed by atoms with Gasteiger partial charge in [-0.1, -0.05) is 0 Å². The molecule has 0 spiro atoms. The number of nitrogens with one attached hydrogen (secondary N) is 2. The Hall–Kier alpha value is -2.34. The molecule has 1 fully saturated rings. The van der Waals surface area contributed by atoms with Crippen LogP contribution in [0.2, 0.25) is 0 Å². The number of halogens is 5. The van der Waals surface area contributed by atoms with Crippen LogP contribution in [-0.2, 0) is 0 Å². The zero-order valence-corrected chi connectivity index (χ0v) is 18.4. The maximum atomic E-state index is 13.8. The van der Waals surface area contributed by atoms with Gasteiger partial charge in [0.05, 0.1) is 16.2 Å². The molecule has 0 aliphatic heterocycles. The predicted octanol–water partition coefficient (Wildman–Crippen LogP) is 4.70. The Morgan fingerprint density at radius 3 is 2.50 bits per heavy atom. The Labute approximate surface area is 185 Å². The van der Waals surface area contributed by atoms with Crippen LogP contribution in [0.4, 0.5) is 27.8 Å². The summed E-state index contributed by atoms with van der Waals surface area (Å²) in [7, 11) is 0. The van der Waals surface area contributed by atoms with Crippen molar-refractivity contribution in [1.82, 2.24) is 15.3 Å². The molecule has 0 radical (unpaired) electrons. The molecule has 0 aromatic carbocycles. The van der Waals surface area contributed by atoms with Gasteiger partial charge < -0.3 is 15.7 Å². The minimum Gasteiger partial charge on any atom is -0.389 e. The van der Waals surface area contributed by atoms with Gasteiger partial charge in [-0.2, -0.15) is 13.2 Å². The number of thiazole rings is 1. The van der Waals surface area contributed by atoms with Crippen molar-refractivity contribution in [1.29, 1.82) is 0 Å². The average molecular weight is 478 g/mol. The molecule has 2 aromatic heterocycles. The van der Waals surface area contributed by atoms with Crippen LogP contribution in [0.3, 0.4) is 0 Å². The fraction of sp³-hybridized carbons (Fsp3) is 0.550. The largest absolute Gasteiger partial charge is 0.408 e. The summed E-state index contributed by atoms with van der Waals surface area (Å²) in [6.45, 7) is 4.52. The molecular formula is C20H23F5N4O2S. The first-order valence-corrected chi connectivity index (χ1v) is 10.7. The van der Waals surface area contributed by atoms with E-state index < -0.39 is 41.6 Å². The highest BCUT2D eigenvalue weighted by atomic mass is 32.1. The smallest absolute Gasteiger partial charge is 0.389 e. The van der Waals surface area contributed by atoms with Crippen molar-refractivity contribution in [3.05, 3.63) is 28.5 Å². The first kappa shape index (κ1) is 24.3. The molecule has 1 unspecified atom stereocenters. The molecule has 12 heteroatoms. The molecule has 32 heavy (non-hydrogen) atoms. The zero-order valence-electron chi connectivity index (χ0n) is 17.6. The third kappa shape index (κ3) is 5.91. The normalized spacial score (nSPS) is 15.7. The van der Waals surface area contributed by atoms with Crippen LogP contribution in [0.15, 0.2) is 12.3 Å². The second-order valence-electron chi connectivity index (χ2n) is 8.39. The molecule has 176 valence electrons. The summed E-state index contributed by atoms with van der Waals surface area (Å²) in [5.74, 6) is -1.46. The number of nitrogens with zero attached hydrogens (tertiary/aromatic N) is 2. The fourth-order valence-corrected chi connectivity index (χ4v) is 4.11. The Kier molecular flexibility index (Phi) is 6.75. The van der Waals surface area contributed by atoms with E-state index in [0.717, 1.165) is 23.6 Å². The average Bonchev–Trinajstić information content (AvgIpc) is 3.43. The Bertz CT molecular complexity index is 983. The van der Waals surface area contributed by atoms with Crippen molar-refractivity contribution in [2.24, 2.45) is 5.92 Å². The van der Waals surface area contributed by atoms with Crippen molar-refractivity contribution in [3.8, 4) is 10.4 Å². The molecule has 1 aliphatic carbocycles. The summed E-state index contributed by atoms with van der Waals surface area (Å²) >= 11 is 0.863. The molecule has 2 aromatic rings. The lowest BCUT2D eigenvalue weighted by atomic mass is 10.1. The number of aryl methyl sites for hydroxylation is 1. The number of hydrogen-bond donors (Lipinski definition) is 3. The molecule has 3 rings (SSSR count). The number of carbonyl (C=O) groups excluding carboxylic acids is 1. The van der Waals surface area contributed by atoms with E-state index in [1.54, 1.807) is 0 Å². The highest BCUT2D eigenvalue weighted by Crippen LogP contribution is 2.42. The van der Waals surface area contributed by atoms with Crippen LogP contribution in [0.25, 0.3) is 10.4 Å². The van der Waals surface area contributed by atoms with Gasteiger partial charge >= 0.3 is 6.18 Å². The molecule has 0 saturated heterocycles. The first-order valence-electron chi connectivity index (χ1n) is 9.86. The van der Waals surface area contributed by atoms with Crippen LogP contribution in [0, 0.1) is 12.8 Å². The lowest BCUT2D eigenvalue weighted by Crippen LogP contribution is -2.38. The number of alkyl halides is 5. The van der Waals surface area contributed by atoms with Crippen molar-refractivity contribution in [3.63, 3.8) is 0 Å². The first-order chi connectivity index (χ1) is 14.8. The van der Waals surface area contributed by atoms with E-state index in [4.69, 9.17) is 0 Å². The SMILES string of the molecule is Cc1nc(C(=O)NCC(C)(C)O)sc1-c1cnc(NC(C2CC2)C(F)(F)F)cc1C(F)F. The lowest BCUT2D eigenvalue weighted by Gasteiger charge is -2.22. The minimum absolute atomic E-state index is 0.00271. The number of carbonyl (C=O) groups is 1. The van der Waals surface area contributed by atoms with Crippen molar-refractivity contribution in [2.45, 2.75) is 57.9 Å². The van der Waals surface area contributed by atoms with Gasteiger partial charge in [-0.15, -0.1) is 11.3 Å². The number of aromatic nitrogens is 2. The molecular weight excluding hydrogens is 455 g/mol. The van der Waals surface area contributed by atoms with Crippen LogP contribution in [-0.4, -0.2) is 45.3 Å². The van der Waals surface area contributed by atoms with Crippen LogP contribution >= 0.6 is 11.3 Å². The molecule has 6 nitrogen and oxygen atoms in total. The van der Waals surface area contributed by atoms with Gasteiger partial charge in [0.1, 0.15) is 11.9 Å². The van der Waals surface area contributed by atoms with E-state index in [9.17, 15) is 31.9 Å². The Morgan fingerprint density at radius 2 is 1.97 bits per heavy atom. The summed E-state index contributed by atoms with van der Waals surface area (Å²) in [4.78, 5) is 20.6. The van der Waals surface area contributed by atoms with Gasteiger partial charge in [0.2, 0.25) is 0 Å². The second kappa shape index (κ2) is 8.89. The molecule has 3 N–H and O–H groups in total. The van der Waals surface area contributed by atoms with Gasteiger partial charge in [0, 0.05) is 23.9 Å². The highest BCUT2D eigenvalue weighted by Gasteiger charge is 2.49. The number of aliphatic hydroxyl groups is 1. The van der Waals surface area contributed by atoms with E-state index in [2.05, 4.69) is 20.6 Å².